The lowest BCUT2D eigenvalue weighted by atomic mass is 9.78. The summed E-state index contributed by atoms with van der Waals surface area (Å²) in [5.41, 5.74) is 0.642. The van der Waals surface area contributed by atoms with Crippen LogP contribution in [0.4, 0.5) is 8.78 Å². The molecular formula is C20H28F2N2. The van der Waals surface area contributed by atoms with Gasteiger partial charge in [0.05, 0.1) is 0 Å². The Labute approximate surface area is 143 Å². The molecule has 2 atom stereocenters. The SMILES string of the molecule is Fc1ccc(CN2CCN3CCC[C@H]3[C@H]2C2CCCCC2)c(F)c1. The molecular weight excluding hydrogens is 306 g/mol. The first kappa shape index (κ1) is 16.5. The lowest BCUT2D eigenvalue weighted by Gasteiger charge is -2.49. The number of piperazine rings is 1. The molecule has 24 heavy (non-hydrogen) atoms. The van der Waals surface area contributed by atoms with Crippen LogP contribution in [0.3, 0.4) is 0 Å². The van der Waals surface area contributed by atoms with Crippen molar-refractivity contribution >= 4 is 0 Å². The van der Waals surface area contributed by atoms with Gasteiger partial charge in [-0.15, -0.1) is 0 Å². The van der Waals surface area contributed by atoms with Gasteiger partial charge in [-0.2, -0.15) is 0 Å². The summed E-state index contributed by atoms with van der Waals surface area (Å²) in [7, 11) is 0. The van der Waals surface area contributed by atoms with Crippen LogP contribution in [0.5, 0.6) is 0 Å². The Hall–Kier alpha value is -1.00. The predicted octanol–water partition coefficient (Wildman–Crippen LogP) is 4.19. The molecule has 2 heterocycles. The fraction of sp³-hybridized carbons (Fsp3) is 0.700. The van der Waals surface area contributed by atoms with E-state index in [1.54, 1.807) is 6.07 Å². The third kappa shape index (κ3) is 3.23. The van der Waals surface area contributed by atoms with Gasteiger partial charge in [0, 0.05) is 43.3 Å². The average molecular weight is 334 g/mol. The van der Waals surface area contributed by atoms with Gasteiger partial charge in [0.25, 0.3) is 0 Å². The monoisotopic (exact) mass is 334 g/mol. The van der Waals surface area contributed by atoms with Crippen LogP contribution in [0.2, 0.25) is 0 Å². The minimum absolute atomic E-state index is 0.397. The number of fused-ring (bicyclic) bond motifs is 1. The van der Waals surface area contributed by atoms with E-state index < -0.39 is 11.6 Å². The quantitative estimate of drug-likeness (QED) is 0.818. The summed E-state index contributed by atoms with van der Waals surface area (Å²) in [5, 5.41) is 0. The number of hydrogen-bond acceptors (Lipinski definition) is 2. The number of benzene rings is 1. The lowest BCUT2D eigenvalue weighted by Crippen LogP contribution is -2.59. The van der Waals surface area contributed by atoms with Crippen LogP contribution >= 0.6 is 0 Å². The zero-order valence-electron chi connectivity index (χ0n) is 14.4. The smallest absolute Gasteiger partial charge is 0.130 e. The summed E-state index contributed by atoms with van der Waals surface area (Å²) in [6.07, 6.45) is 9.26. The molecule has 0 spiro atoms. The van der Waals surface area contributed by atoms with Crippen LogP contribution in [0.1, 0.15) is 50.5 Å². The zero-order valence-corrected chi connectivity index (χ0v) is 14.4. The van der Waals surface area contributed by atoms with Gasteiger partial charge in [0.2, 0.25) is 0 Å². The van der Waals surface area contributed by atoms with E-state index in [0.29, 0.717) is 24.2 Å². The number of rotatable bonds is 3. The van der Waals surface area contributed by atoms with Gasteiger partial charge in [0.1, 0.15) is 11.6 Å². The standard InChI is InChI=1S/C20H28F2N2/c21-17-9-8-16(18(22)13-17)14-24-12-11-23-10-4-7-19(23)20(24)15-5-2-1-3-6-15/h8-9,13,15,19-20H,1-7,10-12,14H2/t19-,20+/m0/s1. The minimum Gasteiger partial charge on any atom is -0.298 e. The molecule has 2 nitrogen and oxygen atoms in total. The van der Waals surface area contributed by atoms with Crippen molar-refractivity contribution in [2.24, 2.45) is 5.92 Å². The molecule has 3 aliphatic rings. The summed E-state index contributed by atoms with van der Waals surface area (Å²) in [6, 6.07) is 5.23. The minimum atomic E-state index is -0.485. The van der Waals surface area contributed by atoms with Gasteiger partial charge in [-0.3, -0.25) is 9.80 Å². The van der Waals surface area contributed by atoms with Crippen LogP contribution in [0, 0.1) is 17.6 Å². The Balaban J connectivity index is 1.56. The lowest BCUT2D eigenvalue weighted by molar-refractivity contribution is -0.00432. The van der Waals surface area contributed by atoms with E-state index in [-0.39, 0.29) is 0 Å². The number of hydrogen-bond donors (Lipinski definition) is 0. The van der Waals surface area contributed by atoms with Crippen molar-refractivity contribution in [3.05, 3.63) is 35.4 Å². The van der Waals surface area contributed by atoms with E-state index in [1.165, 1.54) is 57.6 Å². The molecule has 1 saturated carbocycles. The molecule has 2 aliphatic heterocycles. The van der Waals surface area contributed by atoms with Crippen molar-refractivity contribution < 1.29 is 8.78 Å². The fourth-order valence-corrected chi connectivity index (χ4v) is 5.31. The molecule has 4 heteroatoms. The summed E-state index contributed by atoms with van der Waals surface area (Å²) in [6.45, 7) is 3.95. The maximum absolute atomic E-state index is 14.2. The summed E-state index contributed by atoms with van der Waals surface area (Å²) in [4.78, 5) is 5.18. The van der Waals surface area contributed by atoms with Crippen molar-refractivity contribution in [2.75, 3.05) is 19.6 Å². The number of nitrogens with zero attached hydrogens (tertiary/aromatic N) is 2. The molecule has 0 N–H and O–H groups in total. The average Bonchev–Trinajstić information content (AvgIpc) is 3.06. The van der Waals surface area contributed by atoms with Crippen LogP contribution in [-0.4, -0.2) is 41.5 Å². The predicted molar refractivity (Wildman–Crippen MR) is 91.7 cm³/mol. The second kappa shape index (κ2) is 7.09. The Bertz CT molecular complexity index is 571. The second-order valence-corrected chi connectivity index (χ2v) is 7.84. The molecule has 2 saturated heterocycles. The highest BCUT2D eigenvalue weighted by Crippen LogP contribution is 2.38. The maximum Gasteiger partial charge on any atom is 0.130 e. The van der Waals surface area contributed by atoms with Gasteiger partial charge in [0.15, 0.2) is 0 Å². The number of halogens is 2. The van der Waals surface area contributed by atoms with Gasteiger partial charge in [-0.05, 0) is 44.2 Å². The zero-order chi connectivity index (χ0) is 16.5. The normalized spacial score (nSPS) is 29.8. The van der Waals surface area contributed by atoms with Crippen LogP contribution < -0.4 is 0 Å². The second-order valence-electron chi connectivity index (χ2n) is 7.84. The Morgan fingerprint density at radius 2 is 1.75 bits per heavy atom. The van der Waals surface area contributed by atoms with Gasteiger partial charge in [-0.1, -0.05) is 25.3 Å². The first-order valence-electron chi connectivity index (χ1n) is 9.64. The van der Waals surface area contributed by atoms with Crippen molar-refractivity contribution in [3.8, 4) is 0 Å². The molecule has 1 aromatic rings. The van der Waals surface area contributed by atoms with Crippen molar-refractivity contribution in [1.29, 1.82) is 0 Å². The fourth-order valence-electron chi connectivity index (χ4n) is 5.31. The van der Waals surface area contributed by atoms with Gasteiger partial charge >= 0.3 is 0 Å². The van der Waals surface area contributed by atoms with Crippen LogP contribution in [0.25, 0.3) is 0 Å². The highest BCUT2D eigenvalue weighted by Gasteiger charge is 2.43. The molecule has 3 fully saturated rings. The highest BCUT2D eigenvalue weighted by molar-refractivity contribution is 5.19. The Morgan fingerprint density at radius 1 is 0.917 bits per heavy atom. The molecule has 0 amide bonds. The van der Waals surface area contributed by atoms with E-state index in [0.717, 1.165) is 25.1 Å². The third-order valence-corrected chi connectivity index (χ3v) is 6.43. The van der Waals surface area contributed by atoms with Gasteiger partial charge in [-0.25, -0.2) is 8.78 Å². The molecule has 132 valence electrons. The van der Waals surface area contributed by atoms with E-state index in [4.69, 9.17) is 0 Å². The topological polar surface area (TPSA) is 6.48 Å². The molecule has 0 unspecified atom stereocenters. The first-order valence-corrected chi connectivity index (χ1v) is 9.64. The molecule has 0 bridgehead atoms. The summed E-state index contributed by atoms with van der Waals surface area (Å²) in [5.74, 6) is -0.139. The summed E-state index contributed by atoms with van der Waals surface area (Å²) >= 11 is 0. The van der Waals surface area contributed by atoms with Crippen molar-refractivity contribution in [2.45, 2.75) is 63.6 Å². The van der Waals surface area contributed by atoms with Crippen LogP contribution in [-0.2, 0) is 6.54 Å². The van der Waals surface area contributed by atoms with Gasteiger partial charge < -0.3 is 0 Å². The Morgan fingerprint density at radius 3 is 2.54 bits per heavy atom. The molecule has 1 aromatic carbocycles. The van der Waals surface area contributed by atoms with Crippen molar-refractivity contribution in [1.82, 2.24) is 9.80 Å². The van der Waals surface area contributed by atoms with Crippen molar-refractivity contribution in [3.63, 3.8) is 0 Å². The molecule has 1 aliphatic carbocycles. The van der Waals surface area contributed by atoms with Crippen LogP contribution in [0.15, 0.2) is 18.2 Å². The highest BCUT2D eigenvalue weighted by atomic mass is 19.1. The molecule has 0 radical (unpaired) electrons. The largest absolute Gasteiger partial charge is 0.298 e. The van der Waals surface area contributed by atoms with E-state index in [2.05, 4.69) is 9.80 Å². The summed E-state index contributed by atoms with van der Waals surface area (Å²) < 4.78 is 27.4. The molecule has 0 aromatic heterocycles. The molecule has 4 rings (SSSR count). The van der Waals surface area contributed by atoms with E-state index in [1.807, 2.05) is 0 Å². The van der Waals surface area contributed by atoms with E-state index >= 15 is 0 Å². The Kier molecular flexibility index (Phi) is 4.86. The maximum atomic E-state index is 14.2. The first-order chi connectivity index (χ1) is 11.7. The third-order valence-electron chi connectivity index (χ3n) is 6.43. The van der Waals surface area contributed by atoms with E-state index in [9.17, 15) is 8.78 Å².